The number of benzene rings is 2. The van der Waals surface area contributed by atoms with E-state index in [1.165, 1.54) is 4.57 Å². The summed E-state index contributed by atoms with van der Waals surface area (Å²) in [5.74, 6) is 0.438. The normalized spacial score (nSPS) is 14.8. The molecule has 1 aliphatic rings. The fraction of sp³-hybridized carbons (Fsp3) is 0.250. The average Bonchev–Trinajstić information content (AvgIpc) is 3.15. The number of hydrogen-bond donors (Lipinski definition) is 0. The van der Waals surface area contributed by atoms with E-state index in [0.717, 1.165) is 29.9 Å². The highest BCUT2D eigenvalue weighted by atomic mass is 16.4. The van der Waals surface area contributed by atoms with Gasteiger partial charge in [0.1, 0.15) is 6.54 Å². The second-order valence-corrected chi connectivity index (χ2v) is 7.75. The Hall–Kier alpha value is -3.74. The molecule has 2 aromatic heterocycles. The topological polar surface area (TPSA) is 81.2 Å². The Morgan fingerprint density at radius 3 is 2.55 bits per heavy atom. The van der Waals surface area contributed by atoms with Crippen molar-refractivity contribution < 1.29 is 9.21 Å². The van der Waals surface area contributed by atoms with Crippen molar-refractivity contribution in [3.05, 3.63) is 83.1 Å². The molecule has 3 heterocycles. The highest BCUT2D eigenvalue weighted by Gasteiger charge is 2.26. The van der Waals surface area contributed by atoms with Crippen LogP contribution in [0.5, 0.6) is 0 Å². The summed E-state index contributed by atoms with van der Waals surface area (Å²) in [4.78, 5) is 36.0. The number of carbonyl (C=O) groups is 1. The first kappa shape index (κ1) is 19.2. The SMILES string of the molecule is O=C(Cn1c(=O)oc2ccccc21)N1CCC(c2ccnc(-c3ccccc3)n2)CC1. The Balaban J connectivity index is 1.26. The van der Waals surface area contributed by atoms with Crippen molar-refractivity contribution in [2.45, 2.75) is 25.3 Å². The zero-order valence-corrected chi connectivity index (χ0v) is 17.0. The van der Waals surface area contributed by atoms with Crippen LogP contribution in [-0.4, -0.2) is 38.4 Å². The van der Waals surface area contributed by atoms with Gasteiger partial charge in [0.05, 0.1) is 5.52 Å². The maximum atomic E-state index is 12.8. The zero-order valence-electron chi connectivity index (χ0n) is 17.0. The Bertz CT molecular complexity index is 1270. The van der Waals surface area contributed by atoms with E-state index in [2.05, 4.69) is 4.98 Å². The van der Waals surface area contributed by atoms with Gasteiger partial charge in [-0.05, 0) is 31.0 Å². The Kier molecular flexibility index (Phi) is 5.08. The third-order valence-corrected chi connectivity index (χ3v) is 5.84. The lowest BCUT2D eigenvalue weighted by molar-refractivity contribution is -0.132. The zero-order chi connectivity index (χ0) is 21.2. The van der Waals surface area contributed by atoms with Crippen molar-refractivity contribution in [1.82, 2.24) is 19.4 Å². The van der Waals surface area contributed by atoms with Crippen molar-refractivity contribution in [3.8, 4) is 11.4 Å². The number of aromatic nitrogens is 3. The molecule has 0 aliphatic carbocycles. The number of rotatable bonds is 4. The molecule has 31 heavy (non-hydrogen) atoms. The van der Waals surface area contributed by atoms with Gasteiger partial charge in [0.25, 0.3) is 0 Å². The van der Waals surface area contributed by atoms with Crippen LogP contribution in [0.4, 0.5) is 0 Å². The van der Waals surface area contributed by atoms with Crippen LogP contribution >= 0.6 is 0 Å². The molecule has 1 amide bonds. The summed E-state index contributed by atoms with van der Waals surface area (Å²) in [5, 5.41) is 0. The maximum Gasteiger partial charge on any atom is 0.420 e. The largest absolute Gasteiger partial charge is 0.420 e. The Morgan fingerprint density at radius 2 is 1.74 bits per heavy atom. The lowest BCUT2D eigenvalue weighted by atomic mass is 9.93. The first-order valence-electron chi connectivity index (χ1n) is 10.4. The molecular weight excluding hydrogens is 392 g/mol. The molecule has 1 saturated heterocycles. The van der Waals surface area contributed by atoms with E-state index in [9.17, 15) is 9.59 Å². The van der Waals surface area contributed by atoms with E-state index < -0.39 is 5.76 Å². The number of oxazole rings is 1. The second kappa shape index (κ2) is 8.18. The third-order valence-electron chi connectivity index (χ3n) is 5.84. The number of amides is 1. The number of nitrogens with zero attached hydrogens (tertiary/aromatic N) is 4. The number of piperidine rings is 1. The van der Waals surface area contributed by atoms with E-state index in [4.69, 9.17) is 9.40 Å². The molecule has 5 rings (SSSR count). The lowest BCUT2D eigenvalue weighted by Gasteiger charge is -2.31. The third kappa shape index (κ3) is 3.86. The van der Waals surface area contributed by atoms with Gasteiger partial charge in [0.15, 0.2) is 11.4 Å². The minimum atomic E-state index is -0.501. The molecule has 7 heteroatoms. The minimum absolute atomic E-state index is 0.00776. The van der Waals surface area contributed by atoms with Crippen LogP contribution in [0, 0.1) is 0 Å². The van der Waals surface area contributed by atoms with E-state index in [0.29, 0.717) is 24.2 Å². The minimum Gasteiger partial charge on any atom is -0.408 e. The first-order valence-corrected chi connectivity index (χ1v) is 10.4. The molecule has 0 bridgehead atoms. The smallest absolute Gasteiger partial charge is 0.408 e. The molecule has 156 valence electrons. The van der Waals surface area contributed by atoms with Crippen molar-refractivity contribution in [2.24, 2.45) is 0 Å². The van der Waals surface area contributed by atoms with Gasteiger partial charge in [-0.2, -0.15) is 0 Å². The molecule has 1 aliphatic heterocycles. The quantitative estimate of drug-likeness (QED) is 0.511. The molecule has 4 aromatic rings. The molecular formula is C24H22N4O3. The number of fused-ring (bicyclic) bond motifs is 1. The molecule has 1 fully saturated rings. The van der Waals surface area contributed by atoms with Crippen LogP contribution in [0.1, 0.15) is 24.5 Å². The molecule has 0 unspecified atom stereocenters. The van der Waals surface area contributed by atoms with Gasteiger partial charge < -0.3 is 9.32 Å². The number of likely N-dealkylation sites (tertiary alicyclic amines) is 1. The second-order valence-electron chi connectivity index (χ2n) is 7.75. The van der Waals surface area contributed by atoms with Crippen molar-refractivity contribution >= 4 is 17.0 Å². The van der Waals surface area contributed by atoms with E-state index in [1.807, 2.05) is 47.4 Å². The van der Waals surface area contributed by atoms with E-state index in [-0.39, 0.29) is 18.4 Å². The van der Waals surface area contributed by atoms with E-state index in [1.54, 1.807) is 24.4 Å². The van der Waals surface area contributed by atoms with Crippen molar-refractivity contribution in [1.29, 1.82) is 0 Å². The summed E-state index contributed by atoms with van der Waals surface area (Å²) < 4.78 is 6.64. The first-order chi connectivity index (χ1) is 15.2. The van der Waals surface area contributed by atoms with Crippen LogP contribution in [0.25, 0.3) is 22.5 Å². The Morgan fingerprint density at radius 1 is 1.00 bits per heavy atom. The van der Waals surface area contributed by atoms with Crippen LogP contribution < -0.4 is 5.76 Å². The summed E-state index contributed by atoms with van der Waals surface area (Å²) in [5.41, 5.74) is 3.15. The van der Waals surface area contributed by atoms with Crippen LogP contribution in [0.3, 0.4) is 0 Å². The summed E-state index contributed by atoms with van der Waals surface area (Å²) >= 11 is 0. The molecule has 2 aromatic carbocycles. The predicted octanol–water partition coefficient (Wildman–Crippen LogP) is 3.46. The summed E-state index contributed by atoms with van der Waals surface area (Å²) in [6.45, 7) is 1.27. The number of hydrogen-bond acceptors (Lipinski definition) is 5. The van der Waals surface area contributed by atoms with Crippen molar-refractivity contribution in [3.63, 3.8) is 0 Å². The van der Waals surface area contributed by atoms with Gasteiger partial charge in [-0.3, -0.25) is 9.36 Å². The summed E-state index contributed by atoms with van der Waals surface area (Å²) in [7, 11) is 0. The van der Waals surface area contributed by atoms with Gasteiger partial charge in [-0.25, -0.2) is 14.8 Å². The highest BCUT2D eigenvalue weighted by molar-refractivity contribution is 5.79. The molecule has 0 radical (unpaired) electrons. The standard InChI is InChI=1S/C24H22N4O3/c29-22(16-28-20-8-4-5-9-21(20)31-24(28)30)27-14-11-17(12-15-27)19-10-13-25-23(26-19)18-6-2-1-3-7-18/h1-10,13,17H,11-12,14-16H2. The van der Waals surface area contributed by atoms with Crippen molar-refractivity contribution in [2.75, 3.05) is 13.1 Å². The van der Waals surface area contributed by atoms with Crippen LogP contribution in [0.15, 0.2) is 76.1 Å². The maximum absolute atomic E-state index is 12.8. The monoisotopic (exact) mass is 414 g/mol. The molecule has 0 atom stereocenters. The van der Waals surface area contributed by atoms with Gasteiger partial charge >= 0.3 is 5.76 Å². The molecule has 0 saturated carbocycles. The summed E-state index contributed by atoms with van der Waals surface area (Å²) in [6, 6.07) is 19.0. The van der Waals surface area contributed by atoms with Crippen LogP contribution in [0.2, 0.25) is 0 Å². The molecule has 0 N–H and O–H groups in total. The fourth-order valence-electron chi connectivity index (χ4n) is 4.15. The number of carbonyl (C=O) groups excluding carboxylic acids is 1. The molecule has 7 nitrogen and oxygen atoms in total. The van der Waals surface area contributed by atoms with E-state index >= 15 is 0 Å². The average molecular weight is 414 g/mol. The predicted molar refractivity (Wildman–Crippen MR) is 116 cm³/mol. The van der Waals surface area contributed by atoms with Crippen LogP contribution in [-0.2, 0) is 11.3 Å². The lowest BCUT2D eigenvalue weighted by Crippen LogP contribution is -2.40. The Labute approximate surface area is 179 Å². The number of para-hydroxylation sites is 2. The molecule has 0 spiro atoms. The fourth-order valence-corrected chi connectivity index (χ4v) is 4.15. The summed E-state index contributed by atoms with van der Waals surface area (Å²) in [6.07, 6.45) is 3.47. The highest BCUT2D eigenvalue weighted by Crippen LogP contribution is 2.28. The van der Waals surface area contributed by atoms with Gasteiger partial charge in [0.2, 0.25) is 5.91 Å². The van der Waals surface area contributed by atoms with Gasteiger partial charge in [0, 0.05) is 36.5 Å². The van der Waals surface area contributed by atoms with Gasteiger partial charge in [-0.1, -0.05) is 42.5 Å². The van der Waals surface area contributed by atoms with Gasteiger partial charge in [-0.15, -0.1) is 0 Å².